The summed E-state index contributed by atoms with van der Waals surface area (Å²) in [7, 11) is 1.28. The summed E-state index contributed by atoms with van der Waals surface area (Å²) in [6, 6.07) is 0. The molecule has 0 N–H and O–H groups in total. The van der Waals surface area contributed by atoms with Crippen LogP contribution in [0.3, 0.4) is 0 Å². The number of hydrogen-bond donors (Lipinski definition) is 0. The molecule has 1 aliphatic rings. The van der Waals surface area contributed by atoms with Crippen molar-refractivity contribution in [3.8, 4) is 0 Å². The molecule has 1 heterocycles. The monoisotopic (exact) mass is 161 g/mol. The molecule has 0 aliphatic carbocycles. The molecule has 0 aromatic carbocycles. The SMILES string of the molecule is CC.CN1C(=O)CC(F)C1=O. The molecule has 0 aromatic rings. The van der Waals surface area contributed by atoms with Gasteiger partial charge in [-0.2, -0.15) is 0 Å². The van der Waals surface area contributed by atoms with E-state index in [1.54, 1.807) is 0 Å². The minimum Gasteiger partial charge on any atom is -0.283 e. The lowest BCUT2D eigenvalue weighted by Crippen LogP contribution is -2.26. The summed E-state index contributed by atoms with van der Waals surface area (Å²) in [5.74, 6) is -1.16. The molecule has 0 spiro atoms. The van der Waals surface area contributed by atoms with Crippen molar-refractivity contribution in [3.05, 3.63) is 0 Å². The van der Waals surface area contributed by atoms with E-state index in [2.05, 4.69) is 0 Å². The molecule has 1 atom stereocenters. The Morgan fingerprint density at radius 2 is 1.91 bits per heavy atom. The van der Waals surface area contributed by atoms with Gasteiger partial charge in [0.05, 0.1) is 6.42 Å². The molecule has 1 rings (SSSR count). The van der Waals surface area contributed by atoms with Crippen LogP contribution < -0.4 is 0 Å². The van der Waals surface area contributed by atoms with E-state index in [1.807, 2.05) is 13.8 Å². The van der Waals surface area contributed by atoms with E-state index in [0.717, 1.165) is 4.90 Å². The smallest absolute Gasteiger partial charge is 0.263 e. The number of imide groups is 1. The van der Waals surface area contributed by atoms with E-state index in [9.17, 15) is 14.0 Å². The van der Waals surface area contributed by atoms with Crippen LogP contribution in [0.1, 0.15) is 20.3 Å². The van der Waals surface area contributed by atoms with Crippen LogP contribution in [-0.2, 0) is 9.59 Å². The van der Waals surface area contributed by atoms with Gasteiger partial charge in [0.2, 0.25) is 5.91 Å². The van der Waals surface area contributed by atoms with Crippen LogP contribution in [-0.4, -0.2) is 29.9 Å². The van der Waals surface area contributed by atoms with Crippen LogP contribution >= 0.6 is 0 Å². The first-order valence-corrected chi connectivity index (χ1v) is 3.57. The highest BCUT2D eigenvalue weighted by atomic mass is 19.1. The Labute approximate surface area is 65.2 Å². The number of amides is 2. The third-order valence-electron chi connectivity index (χ3n) is 1.33. The maximum atomic E-state index is 12.2. The molecule has 0 radical (unpaired) electrons. The molecular formula is C7H12FNO2. The lowest BCUT2D eigenvalue weighted by atomic mass is 10.3. The third-order valence-corrected chi connectivity index (χ3v) is 1.33. The second-order valence-corrected chi connectivity index (χ2v) is 1.96. The Balaban J connectivity index is 0.000000461. The fraction of sp³-hybridized carbons (Fsp3) is 0.714. The Hall–Kier alpha value is -0.930. The first kappa shape index (κ1) is 10.1. The topological polar surface area (TPSA) is 37.4 Å². The zero-order valence-corrected chi connectivity index (χ0v) is 6.93. The molecule has 4 heteroatoms. The van der Waals surface area contributed by atoms with Gasteiger partial charge < -0.3 is 0 Å². The van der Waals surface area contributed by atoms with Crippen molar-refractivity contribution in [1.82, 2.24) is 4.90 Å². The largest absolute Gasteiger partial charge is 0.283 e. The number of halogens is 1. The summed E-state index contributed by atoms with van der Waals surface area (Å²) in [6.07, 6.45) is -1.88. The van der Waals surface area contributed by atoms with Gasteiger partial charge in [-0.1, -0.05) is 13.8 Å². The Morgan fingerprint density at radius 1 is 1.45 bits per heavy atom. The van der Waals surface area contributed by atoms with Gasteiger partial charge in [0.1, 0.15) is 0 Å². The first-order chi connectivity index (χ1) is 5.13. The zero-order chi connectivity index (χ0) is 9.02. The van der Waals surface area contributed by atoms with Crippen molar-refractivity contribution in [2.45, 2.75) is 26.4 Å². The quantitative estimate of drug-likeness (QED) is 0.491. The molecule has 1 fully saturated rings. The molecule has 0 aromatic heterocycles. The molecule has 0 bridgehead atoms. The minimum absolute atomic E-state index is 0.282. The van der Waals surface area contributed by atoms with E-state index >= 15 is 0 Å². The van der Waals surface area contributed by atoms with Crippen molar-refractivity contribution in [2.75, 3.05) is 7.05 Å². The van der Waals surface area contributed by atoms with Crippen LogP contribution in [0.4, 0.5) is 4.39 Å². The summed E-state index contributed by atoms with van der Waals surface area (Å²) in [4.78, 5) is 21.7. The molecule has 2 amide bonds. The number of carbonyl (C=O) groups excluding carboxylic acids is 2. The fourth-order valence-electron chi connectivity index (χ4n) is 0.711. The molecule has 64 valence electrons. The third kappa shape index (κ3) is 2.00. The Bertz CT molecular complexity index is 170. The molecule has 0 saturated carbocycles. The van der Waals surface area contributed by atoms with Gasteiger partial charge in [-0.3, -0.25) is 14.5 Å². The molecule has 1 unspecified atom stereocenters. The highest BCUT2D eigenvalue weighted by Crippen LogP contribution is 2.12. The van der Waals surface area contributed by atoms with Gasteiger partial charge in [-0.05, 0) is 0 Å². The lowest BCUT2D eigenvalue weighted by molar-refractivity contribution is -0.137. The van der Waals surface area contributed by atoms with E-state index < -0.39 is 18.0 Å². The number of likely N-dealkylation sites (tertiary alicyclic amines) is 1. The van der Waals surface area contributed by atoms with Crippen molar-refractivity contribution in [3.63, 3.8) is 0 Å². The van der Waals surface area contributed by atoms with Gasteiger partial charge >= 0.3 is 0 Å². The van der Waals surface area contributed by atoms with Crippen molar-refractivity contribution < 1.29 is 14.0 Å². The average Bonchev–Trinajstić information content (AvgIpc) is 2.22. The van der Waals surface area contributed by atoms with E-state index in [1.165, 1.54) is 7.05 Å². The maximum absolute atomic E-state index is 12.2. The van der Waals surface area contributed by atoms with Crippen molar-refractivity contribution in [2.24, 2.45) is 0 Å². The summed E-state index contributed by atoms with van der Waals surface area (Å²) in [5, 5.41) is 0. The summed E-state index contributed by atoms with van der Waals surface area (Å²) in [6.45, 7) is 4.00. The van der Waals surface area contributed by atoms with Crippen molar-refractivity contribution >= 4 is 11.8 Å². The molecule has 1 saturated heterocycles. The van der Waals surface area contributed by atoms with Gasteiger partial charge in [0, 0.05) is 7.05 Å². The van der Waals surface area contributed by atoms with Gasteiger partial charge in [-0.25, -0.2) is 4.39 Å². The summed E-state index contributed by atoms with van der Waals surface area (Å²) >= 11 is 0. The van der Waals surface area contributed by atoms with Crippen LogP contribution in [0.2, 0.25) is 0 Å². The van der Waals surface area contributed by atoms with E-state index in [-0.39, 0.29) is 6.42 Å². The van der Waals surface area contributed by atoms with Crippen LogP contribution in [0.5, 0.6) is 0 Å². The van der Waals surface area contributed by atoms with Crippen LogP contribution in [0.15, 0.2) is 0 Å². The number of rotatable bonds is 0. The first-order valence-electron chi connectivity index (χ1n) is 3.57. The van der Waals surface area contributed by atoms with Gasteiger partial charge in [0.15, 0.2) is 6.17 Å². The van der Waals surface area contributed by atoms with Gasteiger partial charge in [-0.15, -0.1) is 0 Å². The van der Waals surface area contributed by atoms with Crippen molar-refractivity contribution in [1.29, 1.82) is 0 Å². The van der Waals surface area contributed by atoms with Gasteiger partial charge in [0.25, 0.3) is 5.91 Å². The minimum atomic E-state index is -1.59. The highest BCUT2D eigenvalue weighted by molar-refractivity contribution is 6.04. The normalized spacial score (nSPS) is 23.3. The molecule has 1 aliphatic heterocycles. The second-order valence-electron chi connectivity index (χ2n) is 1.96. The summed E-state index contributed by atoms with van der Waals surface area (Å²) < 4.78 is 12.2. The molecule has 11 heavy (non-hydrogen) atoms. The van der Waals surface area contributed by atoms with Crippen LogP contribution in [0.25, 0.3) is 0 Å². The van der Waals surface area contributed by atoms with E-state index in [4.69, 9.17) is 0 Å². The number of hydrogen-bond acceptors (Lipinski definition) is 2. The second kappa shape index (κ2) is 4.05. The fourth-order valence-corrected chi connectivity index (χ4v) is 0.711. The predicted molar refractivity (Wildman–Crippen MR) is 38.6 cm³/mol. The lowest BCUT2D eigenvalue weighted by Gasteiger charge is -2.01. The predicted octanol–water partition coefficient (Wildman–Crippen LogP) is 0.739. The number of carbonyl (C=O) groups is 2. The summed E-state index contributed by atoms with van der Waals surface area (Å²) in [5.41, 5.74) is 0. The Morgan fingerprint density at radius 3 is 2.00 bits per heavy atom. The molecule has 3 nitrogen and oxygen atoms in total. The zero-order valence-electron chi connectivity index (χ0n) is 6.93. The molecular weight excluding hydrogens is 149 g/mol. The standard InChI is InChI=1S/C5H6FNO2.C2H6/c1-7-4(8)2-3(6)5(7)9;1-2/h3H,2H2,1H3;1-2H3. The average molecular weight is 161 g/mol. The highest BCUT2D eigenvalue weighted by Gasteiger charge is 2.35. The maximum Gasteiger partial charge on any atom is 0.263 e. The number of alkyl halides is 1. The number of nitrogens with zero attached hydrogens (tertiary/aromatic N) is 1. The van der Waals surface area contributed by atoms with Crippen LogP contribution in [0, 0.1) is 0 Å². The Kier molecular flexibility index (Phi) is 3.71. The van der Waals surface area contributed by atoms with E-state index in [0.29, 0.717) is 0 Å².